The number of rotatable bonds is 11. The van der Waals surface area contributed by atoms with Gasteiger partial charge < -0.3 is 9.47 Å². The minimum Gasteiger partial charge on any atom is -0.484 e. The third-order valence-electron chi connectivity index (χ3n) is 4.52. The summed E-state index contributed by atoms with van der Waals surface area (Å²) in [7, 11) is 0. The Hall–Kier alpha value is -4.08. The monoisotopic (exact) mass is 470 g/mol. The molecule has 4 amide bonds. The van der Waals surface area contributed by atoms with Gasteiger partial charge in [-0.05, 0) is 51.0 Å². The summed E-state index contributed by atoms with van der Waals surface area (Å²) in [5.74, 6) is -0.636. The van der Waals surface area contributed by atoms with Crippen LogP contribution in [0.5, 0.6) is 11.5 Å². The molecule has 0 saturated carbocycles. The van der Waals surface area contributed by atoms with Crippen molar-refractivity contribution >= 4 is 23.6 Å². The Balaban J connectivity index is 1.48. The molecule has 0 saturated heterocycles. The first-order valence-electron chi connectivity index (χ1n) is 10.9. The van der Waals surface area contributed by atoms with Gasteiger partial charge in [0, 0.05) is 12.8 Å². The summed E-state index contributed by atoms with van der Waals surface area (Å²) in [5, 5.41) is 0. The first-order valence-corrected chi connectivity index (χ1v) is 10.9. The number of ether oxygens (including phenoxy) is 2. The van der Waals surface area contributed by atoms with Gasteiger partial charge in [-0.3, -0.25) is 40.9 Å². The van der Waals surface area contributed by atoms with Crippen LogP contribution in [0.25, 0.3) is 0 Å². The standard InChI is InChI=1S/C24H30N4O6/c1-17-7-11-19(12-8-17)33-15-23(31)27-25-21(29)5-3-4-6-22(30)26-28-24(32)16-34-20-13-9-18(2)10-14-20/h7-14H,3-6,15-16H2,1-2H3,(H,25,29)(H,26,30)(H,27,31)(H,28,32). The molecule has 0 fully saturated rings. The smallest absolute Gasteiger partial charge is 0.276 e. The van der Waals surface area contributed by atoms with Crippen molar-refractivity contribution in [2.24, 2.45) is 0 Å². The number of benzene rings is 2. The number of amides is 4. The molecule has 0 aliphatic rings. The fourth-order valence-corrected chi connectivity index (χ4v) is 2.61. The van der Waals surface area contributed by atoms with Gasteiger partial charge in [0.05, 0.1) is 0 Å². The molecule has 0 spiro atoms. The Bertz CT molecular complexity index is 881. The summed E-state index contributed by atoms with van der Waals surface area (Å²) in [6.07, 6.45) is 1.12. The Morgan fingerprint density at radius 1 is 0.559 bits per heavy atom. The molecule has 4 N–H and O–H groups in total. The number of aryl methyl sites for hydroxylation is 2. The van der Waals surface area contributed by atoms with Gasteiger partial charge in [0.2, 0.25) is 11.8 Å². The van der Waals surface area contributed by atoms with E-state index in [1.165, 1.54) is 0 Å². The maximum Gasteiger partial charge on any atom is 0.276 e. The molecule has 0 aromatic heterocycles. The summed E-state index contributed by atoms with van der Waals surface area (Å²) in [6, 6.07) is 14.5. The number of hydrogen-bond donors (Lipinski definition) is 4. The predicted octanol–water partition coefficient (Wildman–Crippen LogP) is 1.62. The van der Waals surface area contributed by atoms with E-state index >= 15 is 0 Å². The van der Waals surface area contributed by atoms with Crippen LogP contribution in [0.15, 0.2) is 48.5 Å². The average molecular weight is 471 g/mol. The van der Waals surface area contributed by atoms with Crippen molar-refractivity contribution in [3.8, 4) is 11.5 Å². The molecule has 0 radical (unpaired) electrons. The van der Waals surface area contributed by atoms with Crippen LogP contribution in [0.4, 0.5) is 0 Å². The fourth-order valence-electron chi connectivity index (χ4n) is 2.61. The normalized spacial score (nSPS) is 10.1. The van der Waals surface area contributed by atoms with Crippen LogP contribution in [0, 0.1) is 13.8 Å². The van der Waals surface area contributed by atoms with Crippen LogP contribution >= 0.6 is 0 Å². The number of hydrazine groups is 2. The van der Waals surface area contributed by atoms with E-state index in [9.17, 15) is 19.2 Å². The van der Waals surface area contributed by atoms with Gasteiger partial charge in [-0.2, -0.15) is 0 Å². The van der Waals surface area contributed by atoms with E-state index in [1.807, 2.05) is 38.1 Å². The molecule has 34 heavy (non-hydrogen) atoms. The highest BCUT2D eigenvalue weighted by Crippen LogP contribution is 2.11. The van der Waals surface area contributed by atoms with Gasteiger partial charge in [-0.15, -0.1) is 0 Å². The maximum atomic E-state index is 11.8. The molecule has 2 aromatic carbocycles. The largest absolute Gasteiger partial charge is 0.484 e. The highest BCUT2D eigenvalue weighted by molar-refractivity contribution is 5.83. The van der Waals surface area contributed by atoms with Gasteiger partial charge in [0.1, 0.15) is 11.5 Å². The molecule has 0 aliphatic heterocycles. The molecule has 0 unspecified atom stereocenters. The predicted molar refractivity (Wildman–Crippen MR) is 124 cm³/mol. The quantitative estimate of drug-likeness (QED) is 0.291. The van der Waals surface area contributed by atoms with Crippen molar-refractivity contribution < 1.29 is 28.7 Å². The van der Waals surface area contributed by atoms with Crippen LogP contribution in [0.1, 0.15) is 36.8 Å². The highest BCUT2D eigenvalue weighted by Gasteiger charge is 2.08. The van der Waals surface area contributed by atoms with Crippen LogP contribution in [-0.4, -0.2) is 36.8 Å². The first kappa shape index (κ1) is 26.2. The summed E-state index contributed by atoms with van der Waals surface area (Å²) >= 11 is 0. The third-order valence-corrected chi connectivity index (χ3v) is 4.52. The van der Waals surface area contributed by atoms with Gasteiger partial charge >= 0.3 is 0 Å². The summed E-state index contributed by atoms with van der Waals surface area (Å²) < 4.78 is 10.6. The van der Waals surface area contributed by atoms with Crippen molar-refractivity contribution in [3.05, 3.63) is 59.7 Å². The third kappa shape index (κ3) is 11.0. The molecule has 0 bridgehead atoms. The topological polar surface area (TPSA) is 135 Å². The van der Waals surface area contributed by atoms with E-state index in [4.69, 9.17) is 9.47 Å². The van der Waals surface area contributed by atoms with E-state index in [2.05, 4.69) is 21.7 Å². The molecule has 0 aliphatic carbocycles. The van der Waals surface area contributed by atoms with Crippen molar-refractivity contribution in [1.29, 1.82) is 0 Å². The van der Waals surface area contributed by atoms with Gasteiger partial charge in [0.15, 0.2) is 13.2 Å². The minimum absolute atomic E-state index is 0.128. The second-order valence-electron chi connectivity index (χ2n) is 7.60. The summed E-state index contributed by atoms with van der Waals surface area (Å²) in [4.78, 5) is 47.0. The lowest BCUT2D eigenvalue weighted by atomic mass is 10.2. The number of nitrogens with one attached hydrogen (secondary N) is 4. The van der Waals surface area contributed by atoms with Crippen molar-refractivity contribution in [2.75, 3.05) is 13.2 Å². The maximum absolute atomic E-state index is 11.8. The van der Waals surface area contributed by atoms with Crippen molar-refractivity contribution in [1.82, 2.24) is 21.7 Å². The van der Waals surface area contributed by atoms with Crippen LogP contribution in [-0.2, 0) is 19.2 Å². The molecule has 2 aromatic rings. The second kappa shape index (κ2) is 14.1. The molecular formula is C24H30N4O6. The Labute approximate surface area is 198 Å². The lowest BCUT2D eigenvalue weighted by Crippen LogP contribution is -2.44. The van der Waals surface area contributed by atoms with E-state index < -0.39 is 11.8 Å². The molecule has 2 rings (SSSR count). The molecule has 0 heterocycles. The highest BCUT2D eigenvalue weighted by atomic mass is 16.5. The zero-order chi connectivity index (χ0) is 24.8. The fraction of sp³-hybridized carbons (Fsp3) is 0.333. The lowest BCUT2D eigenvalue weighted by Gasteiger charge is -2.10. The molecular weight excluding hydrogens is 440 g/mol. The van der Waals surface area contributed by atoms with Crippen molar-refractivity contribution in [2.45, 2.75) is 39.5 Å². The number of carbonyl (C=O) groups is 4. The molecule has 0 atom stereocenters. The van der Waals surface area contributed by atoms with Crippen molar-refractivity contribution in [3.63, 3.8) is 0 Å². The van der Waals surface area contributed by atoms with E-state index in [1.54, 1.807) is 24.3 Å². The Morgan fingerprint density at radius 2 is 0.882 bits per heavy atom. The number of carbonyl (C=O) groups excluding carboxylic acids is 4. The Kier molecular flexibility index (Phi) is 10.9. The van der Waals surface area contributed by atoms with E-state index in [-0.39, 0.29) is 37.9 Å². The average Bonchev–Trinajstić information content (AvgIpc) is 2.83. The van der Waals surface area contributed by atoms with Crippen LogP contribution in [0.2, 0.25) is 0 Å². The molecule has 10 nitrogen and oxygen atoms in total. The molecule has 10 heteroatoms. The zero-order valence-electron chi connectivity index (χ0n) is 19.3. The van der Waals surface area contributed by atoms with Gasteiger partial charge in [-0.1, -0.05) is 35.4 Å². The minimum atomic E-state index is -0.490. The van der Waals surface area contributed by atoms with Crippen LogP contribution < -0.4 is 31.2 Å². The number of hydrogen-bond acceptors (Lipinski definition) is 6. The van der Waals surface area contributed by atoms with E-state index in [0.29, 0.717) is 24.3 Å². The SMILES string of the molecule is Cc1ccc(OCC(=O)NNC(=O)CCCCC(=O)NNC(=O)COc2ccc(C)cc2)cc1. The first-order chi connectivity index (χ1) is 16.3. The summed E-state index contributed by atoms with van der Waals surface area (Å²) in [6.45, 7) is 3.43. The zero-order valence-corrected chi connectivity index (χ0v) is 19.3. The molecule has 182 valence electrons. The van der Waals surface area contributed by atoms with Crippen LogP contribution in [0.3, 0.4) is 0 Å². The Morgan fingerprint density at radius 3 is 1.24 bits per heavy atom. The lowest BCUT2D eigenvalue weighted by molar-refractivity contribution is -0.130. The van der Waals surface area contributed by atoms with Gasteiger partial charge in [-0.25, -0.2) is 0 Å². The van der Waals surface area contributed by atoms with E-state index in [0.717, 1.165) is 11.1 Å². The van der Waals surface area contributed by atoms with Gasteiger partial charge in [0.25, 0.3) is 11.8 Å². The second-order valence-corrected chi connectivity index (χ2v) is 7.60. The number of unbranched alkanes of at least 4 members (excludes halogenated alkanes) is 1. The summed E-state index contributed by atoms with van der Waals surface area (Å²) in [5.41, 5.74) is 11.3.